The van der Waals surface area contributed by atoms with Crippen molar-refractivity contribution in [2.75, 3.05) is 0 Å². The van der Waals surface area contributed by atoms with Gasteiger partial charge >= 0.3 is 7.12 Å². The van der Waals surface area contributed by atoms with Crippen LogP contribution in [0.15, 0.2) is 332 Å². The summed E-state index contributed by atoms with van der Waals surface area (Å²) in [6.07, 6.45) is 0. The highest BCUT2D eigenvalue weighted by molar-refractivity contribution is 9.10. The standard InChI is InChI=1S/C46H27N3.C33H28BNO2.C19H11BrN2/c47-28-29-19-23-42-39(25-29)40-27-32(21-24-43(40)49(42)33-13-5-2-6-14-33)31-20-22-36-38(26-31)34-15-7-8-16-35(34)44-37-17-9-10-18-41(37)48-46(45(36)44)30-11-3-1-4-12-30;1-32(2)33(3,4)37-34(36-32)22-18-19-25-27(20-22)23-14-8-9-15-24(23)29-26-16-10-11-17-28(26)35-31(30(25)29)21-12-6-5-7-13-21;20-14-7-9-19-17(11-14)16-10-13(12-21)6-8-18(16)22(19)15-4-2-1-3-5-15/h1-27H;5-20H,1-4H3;1-11H. The van der Waals surface area contributed by atoms with E-state index in [1.165, 1.54) is 70.0 Å². The first-order chi connectivity index (χ1) is 52.9. The van der Waals surface area contributed by atoms with Crippen molar-refractivity contribution < 1.29 is 9.31 Å². The molecule has 510 valence electrons. The van der Waals surface area contributed by atoms with Crippen molar-refractivity contribution in [2.24, 2.45) is 0 Å². The van der Waals surface area contributed by atoms with Crippen molar-refractivity contribution in [3.8, 4) is 57.2 Å². The Morgan fingerprint density at radius 2 is 0.657 bits per heavy atom. The number of nitriles is 2. The average Bonchev–Trinajstić information content (AvgIpc) is 1.01. The molecule has 0 N–H and O–H groups in total. The van der Waals surface area contributed by atoms with Gasteiger partial charge in [0, 0.05) is 80.8 Å². The van der Waals surface area contributed by atoms with Gasteiger partial charge in [0.05, 0.1) is 79.0 Å². The van der Waals surface area contributed by atoms with Gasteiger partial charge in [-0.3, -0.25) is 0 Å². The van der Waals surface area contributed by atoms with Gasteiger partial charge in [0.2, 0.25) is 0 Å². The van der Waals surface area contributed by atoms with E-state index in [9.17, 15) is 10.5 Å². The van der Waals surface area contributed by atoms with Crippen LogP contribution in [0.2, 0.25) is 0 Å². The first-order valence-corrected chi connectivity index (χ1v) is 37.2. The lowest BCUT2D eigenvalue weighted by atomic mass is 9.77. The monoisotopic (exact) mass is 1450 g/mol. The molecule has 0 radical (unpaired) electrons. The fourth-order valence-corrected chi connectivity index (χ4v) is 16.7. The summed E-state index contributed by atoms with van der Waals surface area (Å²) in [5.74, 6) is 0. The van der Waals surface area contributed by atoms with E-state index in [-0.39, 0.29) is 11.2 Å². The van der Waals surface area contributed by atoms with Crippen LogP contribution in [0.5, 0.6) is 0 Å². The third-order valence-corrected chi connectivity index (χ3v) is 22.6. The summed E-state index contributed by atoms with van der Waals surface area (Å²) in [6.45, 7) is 8.39. The number of hydrogen-bond donors (Lipinski definition) is 0. The van der Waals surface area contributed by atoms with Crippen molar-refractivity contribution in [3.63, 3.8) is 0 Å². The SMILES string of the molecule is CC1(C)OB(c2ccc3c(c2)c2ccccc2c2c4ccccc4nc(-c4ccccc4)c32)OC1(C)C.N#Cc1ccc2c(c1)c1cc(-c3ccc4c(c3)c3ccccc3c3c5ccccc5nc(-c5ccccc5)c43)ccc1n2-c1ccccc1.N#Cc1ccc2c(c1)c1cc(Br)ccc1n2-c1ccccc1. The van der Waals surface area contributed by atoms with Crippen LogP contribution in [0.25, 0.3) is 175 Å². The van der Waals surface area contributed by atoms with Crippen molar-refractivity contribution in [1.82, 2.24) is 19.1 Å². The van der Waals surface area contributed by atoms with Gasteiger partial charge in [-0.05, 0) is 197 Å². The second-order valence-corrected chi connectivity index (χ2v) is 29.8. The molecule has 0 amide bonds. The molecule has 0 aliphatic carbocycles. The number of nitrogens with zero attached hydrogens (tertiary/aromatic N) is 6. The maximum absolute atomic E-state index is 9.78. The molecular weight excluding hydrogens is 1380 g/mol. The molecule has 0 atom stereocenters. The predicted molar refractivity (Wildman–Crippen MR) is 453 cm³/mol. The van der Waals surface area contributed by atoms with E-state index in [0.29, 0.717) is 11.1 Å². The molecule has 16 aromatic carbocycles. The zero-order valence-corrected chi connectivity index (χ0v) is 61.2. The lowest BCUT2D eigenvalue weighted by molar-refractivity contribution is 0.00578. The zero-order chi connectivity index (χ0) is 72.9. The summed E-state index contributed by atoms with van der Waals surface area (Å²) in [5.41, 5.74) is 16.8. The van der Waals surface area contributed by atoms with Crippen LogP contribution in [-0.2, 0) is 9.31 Å². The van der Waals surface area contributed by atoms with Gasteiger partial charge in [-0.25, -0.2) is 9.97 Å². The maximum atomic E-state index is 9.78. The number of aromatic nitrogens is 4. The number of benzene rings is 16. The normalized spacial score (nSPS) is 13.3. The molecule has 8 nitrogen and oxygen atoms in total. The summed E-state index contributed by atoms with van der Waals surface area (Å²) < 4.78 is 18.4. The van der Waals surface area contributed by atoms with Crippen molar-refractivity contribution in [1.29, 1.82) is 10.5 Å². The smallest absolute Gasteiger partial charge is 0.399 e. The van der Waals surface area contributed by atoms with E-state index >= 15 is 0 Å². The first kappa shape index (κ1) is 65.7. The summed E-state index contributed by atoms with van der Waals surface area (Å²) in [7, 11) is -0.410. The summed E-state index contributed by atoms with van der Waals surface area (Å²) in [5, 5.41) is 40.2. The number of halogens is 1. The van der Waals surface area contributed by atoms with Crippen LogP contribution in [0.3, 0.4) is 0 Å². The highest BCUT2D eigenvalue weighted by Gasteiger charge is 2.52. The van der Waals surface area contributed by atoms with Gasteiger partial charge in [0.15, 0.2) is 0 Å². The van der Waals surface area contributed by atoms with E-state index in [2.05, 4.69) is 332 Å². The minimum atomic E-state index is -0.410. The largest absolute Gasteiger partial charge is 0.494 e. The maximum Gasteiger partial charge on any atom is 0.494 e. The Kier molecular flexibility index (Phi) is 15.9. The molecule has 0 saturated carbocycles. The Morgan fingerprint density at radius 1 is 0.306 bits per heavy atom. The number of pyridine rings is 2. The van der Waals surface area contributed by atoms with Gasteiger partial charge in [0.25, 0.3) is 0 Å². The van der Waals surface area contributed by atoms with Crippen molar-refractivity contribution >= 4 is 159 Å². The van der Waals surface area contributed by atoms with Gasteiger partial charge in [0.1, 0.15) is 0 Å². The molecule has 10 heteroatoms. The molecule has 1 aliphatic heterocycles. The second kappa shape index (κ2) is 26.2. The van der Waals surface area contributed by atoms with Gasteiger partial charge in [-0.1, -0.05) is 234 Å². The topological polar surface area (TPSA) is 102 Å². The molecule has 1 saturated heterocycles. The van der Waals surface area contributed by atoms with E-state index in [1.807, 2.05) is 60.7 Å². The van der Waals surface area contributed by atoms with Gasteiger partial charge in [-0.2, -0.15) is 10.5 Å². The highest BCUT2D eigenvalue weighted by Crippen LogP contribution is 2.47. The Balaban J connectivity index is 0.000000118. The first-order valence-electron chi connectivity index (χ1n) is 36.4. The van der Waals surface area contributed by atoms with Crippen LogP contribution in [0, 0.1) is 22.7 Å². The summed E-state index contributed by atoms with van der Waals surface area (Å²) in [4.78, 5) is 10.5. The summed E-state index contributed by atoms with van der Waals surface area (Å²) >= 11 is 3.54. The third-order valence-electron chi connectivity index (χ3n) is 22.1. The fourth-order valence-electron chi connectivity index (χ4n) is 16.3. The molecule has 20 aromatic rings. The minimum absolute atomic E-state index is 0.388. The van der Waals surface area contributed by atoms with Gasteiger partial charge < -0.3 is 18.4 Å². The average molecular weight is 1450 g/mol. The third kappa shape index (κ3) is 10.9. The van der Waals surface area contributed by atoms with E-state index in [1.54, 1.807) is 0 Å². The molecule has 4 aromatic heterocycles. The molecule has 5 heterocycles. The second-order valence-electron chi connectivity index (χ2n) is 28.9. The molecule has 21 rings (SSSR count). The van der Waals surface area contributed by atoms with Crippen LogP contribution >= 0.6 is 15.9 Å². The zero-order valence-electron chi connectivity index (χ0n) is 59.6. The van der Waals surface area contributed by atoms with E-state index in [0.717, 1.165) is 115 Å². The fraction of sp³-hybridized carbons (Fsp3) is 0.0612. The van der Waals surface area contributed by atoms with Gasteiger partial charge in [-0.15, -0.1) is 0 Å². The highest BCUT2D eigenvalue weighted by atomic mass is 79.9. The van der Waals surface area contributed by atoms with E-state index in [4.69, 9.17) is 19.3 Å². The molecular formula is C98H66BBrN6O2. The molecule has 1 aliphatic rings. The molecule has 0 spiro atoms. The summed E-state index contributed by atoms with van der Waals surface area (Å²) in [6, 6.07) is 119. The van der Waals surface area contributed by atoms with Crippen LogP contribution in [0.1, 0.15) is 38.8 Å². The molecule has 0 bridgehead atoms. The number of fused-ring (bicyclic) bond motifs is 22. The molecule has 108 heavy (non-hydrogen) atoms. The molecule has 1 fully saturated rings. The van der Waals surface area contributed by atoms with Crippen molar-refractivity contribution in [3.05, 3.63) is 343 Å². The van der Waals surface area contributed by atoms with Crippen LogP contribution in [-0.4, -0.2) is 37.4 Å². The number of hydrogen-bond acceptors (Lipinski definition) is 6. The van der Waals surface area contributed by atoms with E-state index < -0.39 is 7.12 Å². The molecule has 0 unspecified atom stereocenters. The Labute approximate surface area is 632 Å². The lowest BCUT2D eigenvalue weighted by Crippen LogP contribution is -2.41. The number of rotatable bonds is 6. The Hall–Kier alpha value is -13.1. The van der Waals surface area contributed by atoms with Crippen LogP contribution < -0.4 is 5.46 Å². The Bertz CT molecular complexity index is 7150. The predicted octanol–water partition coefficient (Wildman–Crippen LogP) is 25.1. The lowest BCUT2D eigenvalue weighted by Gasteiger charge is -2.32. The van der Waals surface area contributed by atoms with Crippen molar-refractivity contribution in [2.45, 2.75) is 38.9 Å². The Morgan fingerprint density at radius 3 is 1.13 bits per heavy atom. The number of para-hydroxylation sites is 4. The quantitative estimate of drug-likeness (QED) is 0.121. The minimum Gasteiger partial charge on any atom is -0.399 e. The van der Waals surface area contributed by atoms with Crippen LogP contribution in [0.4, 0.5) is 0 Å².